The van der Waals surface area contributed by atoms with Gasteiger partial charge in [-0.3, -0.25) is 0 Å². The Hall–Kier alpha value is -2.64. The molecule has 0 aromatic heterocycles. The second-order valence-electron chi connectivity index (χ2n) is 6.08. The molecule has 0 saturated carbocycles. The highest BCUT2D eigenvalue weighted by Crippen LogP contribution is 2.30. The van der Waals surface area contributed by atoms with Gasteiger partial charge in [0.1, 0.15) is 29.8 Å². The highest BCUT2D eigenvalue weighted by Gasteiger charge is 2.19. The molecule has 2 aromatic carbocycles. The Morgan fingerprint density at radius 1 is 1.07 bits per heavy atom. The zero-order valence-electron chi connectivity index (χ0n) is 14.8. The summed E-state index contributed by atoms with van der Waals surface area (Å²) in [6.45, 7) is 1.13. The van der Waals surface area contributed by atoms with Crippen LogP contribution in [0, 0.1) is 11.6 Å². The minimum absolute atomic E-state index is 0.0260. The fraction of sp³-hybridized carbons (Fsp3) is 0.250. The summed E-state index contributed by atoms with van der Waals surface area (Å²) in [5.74, 6) is -2.24. The minimum atomic E-state index is -0.928. The third-order valence-corrected chi connectivity index (χ3v) is 4.63. The average molecular weight is 410 g/mol. The Morgan fingerprint density at radius 2 is 1.75 bits per heavy atom. The smallest absolute Gasteiger partial charge is 0.333 e. The maximum absolute atomic E-state index is 13.6. The Bertz CT molecular complexity index is 900. The molecule has 1 aliphatic heterocycles. The summed E-state index contributed by atoms with van der Waals surface area (Å²) < 4.78 is 37.7. The molecule has 0 radical (unpaired) electrons. The molecule has 0 spiro atoms. The third-order valence-electron chi connectivity index (χ3n) is 4.28. The van der Waals surface area contributed by atoms with Gasteiger partial charge in [0, 0.05) is 6.54 Å². The van der Waals surface area contributed by atoms with E-state index in [9.17, 15) is 18.7 Å². The van der Waals surface area contributed by atoms with Crippen LogP contribution in [-0.4, -0.2) is 37.4 Å². The maximum atomic E-state index is 13.6. The lowest BCUT2D eigenvalue weighted by molar-refractivity contribution is -0.132. The van der Waals surface area contributed by atoms with Crippen molar-refractivity contribution >= 4 is 23.1 Å². The standard InChI is InChI=1S/C20H18ClF2NO4/c21-18-16(22)5-6-17(23)19(18)28-10-9-27-13-3-1-12(2-4-13)14-7-8-24-11-15(14)20(25)26/h1-6,24H,7-11H2,(H,25,26). The van der Waals surface area contributed by atoms with E-state index >= 15 is 0 Å². The van der Waals surface area contributed by atoms with E-state index in [1.54, 1.807) is 24.3 Å². The highest BCUT2D eigenvalue weighted by atomic mass is 35.5. The number of hydrogen-bond donors (Lipinski definition) is 2. The van der Waals surface area contributed by atoms with Crippen molar-refractivity contribution in [2.45, 2.75) is 6.42 Å². The van der Waals surface area contributed by atoms with E-state index in [0.717, 1.165) is 29.8 Å². The number of carboxylic acids is 1. The molecule has 1 heterocycles. The predicted octanol–water partition coefficient (Wildman–Crippen LogP) is 3.91. The van der Waals surface area contributed by atoms with Crippen molar-refractivity contribution in [1.82, 2.24) is 5.32 Å². The van der Waals surface area contributed by atoms with Crippen molar-refractivity contribution in [3.8, 4) is 11.5 Å². The van der Waals surface area contributed by atoms with Crippen molar-refractivity contribution in [2.24, 2.45) is 0 Å². The molecule has 0 atom stereocenters. The van der Waals surface area contributed by atoms with E-state index in [-0.39, 0.29) is 19.0 Å². The van der Waals surface area contributed by atoms with Crippen molar-refractivity contribution in [1.29, 1.82) is 0 Å². The topological polar surface area (TPSA) is 67.8 Å². The summed E-state index contributed by atoms with van der Waals surface area (Å²) in [5.41, 5.74) is 2.00. The van der Waals surface area contributed by atoms with Crippen LogP contribution >= 0.6 is 11.6 Å². The number of halogens is 3. The van der Waals surface area contributed by atoms with E-state index in [0.29, 0.717) is 24.3 Å². The summed E-state index contributed by atoms with van der Waals surface area (Å²) in [5, 5.41) is 12.0. The largest absolute Gasteiger partial charge is 0.490 e. The first kappa shape index (κ1) is 20.1. The van der Waals surface area contributed by atoms with Crippen LogP contribution in [0.4, 0.5) is 8.78 Å². The van der Waals surface area contributed by atoms with Gasteiger partial charge in [-0.2, -0.15) is 0 Å². The van der Waals surface area contributed by atoms with E-state index in [4.69, 9.17) is 21.1 Å². The van der Waals surface area contributed by atoms with E-state index in [1.165, 1.54) is 0 Å². The molecule has 2 N–H and O–H groups in total. The number of benzene rings is 2. The molecule has 2 aromatic rings. The Morgan fingerprint density at radius 3 is 2.46 bits per heavy atom. The Labute approximate surface area is 165 Å². The van der Waals surface area contributed by atoms with Crippen molar-refractivity contribution in [2.75, 3.05) is 26.3 Å². The fourth-order valence-corrected chi connectivity index (χ4v) is 3.11. The van der Waals surface area contributed by atoms with Gasteiger partial charge in [-0.05, 0) is 48.4 Å². The number of ether oxygens (including phenoxy) is 2. The van der Waals surface area contributed by atoms with Crippen molar-refractivity contribution < 1.29 is 28.2 Å². The molecule has 0 amide bonds. The summed E-state index contributed by atoms with van der Waals surface area (Å²) in [6.07, 6.45) is 0.635. The number of nitrogens with one attached hydrogen (secondary N) is 1. The summed E-state index contributed by atoms with van der Waals surface area (Å²) >= 11 is 5.69. The van der Waals surface area contributed by atoms with Crippen LogP contribution in [0.1, 0.15) is 12.0 Å². The van der Waals surface area contributed by atoms with Gasteiger partial charge in [-0.25, -0.2) is 13.6 Å². The summed E-state index contributed by atoms with van der Waals surface area (Å²) in [6, 6.07) is 8.90. The van der Waals surface area contributed by atoms with Crippen molar-refractivity contribution in [3.05, 3.63) is 64.2 Å². The number of hydrogen-bond acceptors (Lipinski definition) is 4. The first-order valence-corrected chi connectivity index (χ1v) is 9.00. The molecule has 8 heteroatoms. The molecule has 3 rings (SSSR count). The number of aliphatic carboxylic acids is 1. The highest BCUT2D eigenvalue weighted by molar-refractivity contribution is 6.32. The monoisotopic (exact) mass is 409 g/mol. The predicted molar refractivity (Wildman–Crippen MR) is 101 cm³/mol. The molecule has 0 bridgehead atoms. The quantitative estimate of drug-likeness (QED) is 0.536. The second-order valence-corrected chi connectivity index (χ2v) is 6.46. The van der Waals surface area contributed by atoms with Gasteiger partial charge >= 0.3 is 5.97 Å². The Balaban J connectivity index is 1.58. The molecule has 0 aliphatic carbocycles. The van der Waals surface area contributed by atoms with Crippen LogP contribution in [0.5, 0.6) is 11.5 Å². The minimum Gasteiger partial charge on any atom is -0.490 e. The molecule has 0 unspecified atom stereocenters. The van der Waals surface area contributed by atoms with Crippen LogP contribution in [0.15, 0.2) is 42.0 Å². The fourth-order valence-electron chi connectivity index (χ4n) is 2.90. The van der Waals surface area contributed by atoms with E-state index in [2.05, 4.69) is 5.32 Å². The maximum Gasteiger partial charge on any atom is 0.333 e. The van der Waals surface area contributed by atoms with Gasteiger partial charge in [0.05, 0.1) is 5.57 Å². The van der Waals surface area contributed by atoms with Crippen LogP contribution < -0.4 is 14.8 Å². The number of rotatable bonds is 7. The van der Waals surface area contributed by atoms with Gasteiger partial charge in [0.15, 0.2) is 11.6 Å². The van der Waals surface area contributed by atoms with Crippen LogP contribution in [-0.2, 0) is 4.79 Å². The molecule has 0 fully saturated rings. The Kier molecular flexibility index (Phi) is 6.49. The van der Waals surface area contributed by atoms with Crippen LogP contribution in [0.25, 0.3) is 5.57 Å². The molecule has 28 heavy (non-hydrogen) atoms. The van der Waals surface area contributed by atoms with Gasteiger partial charge < -0.3 is 19.9 Å². The molecule has 5 nitrogen and oxygen atoms in total. The summed E-state index contributed by atoms with van der Waals surface area (Å²) in [7, 11) is 0. The molecular formula is C20H18ClF2NO4. The number of carbonyl (C=O) groups is 1. The van der Waals surface area contributed by atoms with Gasteiger partial charge in [-0.15, -0.1) is 0 Å². The molecule has 148 valence electrons. The number of carboxylic acid groups (broad SMARTS) is 1. The lowest BCUT2D eigenvalue weighted by Gasteiger charge is -2.19. The lowest BCUT2D eigenvalue weighted by atomic mass is 9.94. The van der Waals surface area contributed by atoms with Gasteiger partial charge in [0.25, 0.3) is 0 Å². The SMILES string of the molecule is O=C(O)C1=C(c2ccc(OCCOc3c(F)ccc(F)c3Cl)cc2)CCNC1. The first-order valence-electron chi connectivity index (χ1n) is 8.63. The van der Waals surface area contributed by atoms with Crippen LogP contribution in [0.2, 0.25) is 5.02 Å². The van der Waals surface area contributed by atoms with Crippen molar-refractivity contribution in [3.63, 3.8) is 0 Å². The molecule has 1 aliphatic rings. The summed E-state index contributed by atoms with van der Waals surface area (Å²) in [4.78, 5) is 11.4. The lowest BCUT2D eigenvalue weighted by Crippen LogP contribution is -2.28. The van der Waals surface area contributed by atoms with Crippen LogP contribution in [0.3, 0.4) is 0 Å². The average Bonchev–Trinajstić information content (AvgIpc) is 2.71. The molecule has 0 saturated heterocycles. The van der Waals surface area contributed by atoms with Gasteiger partial charge in [0.2, 0.25) is 0 Å². The zero-order valence-corrected chi connectivity index (χ0v) is 15.6. The van der Waals surface area contributed by atoms with E-state index in [1.807, 2.05) is 0 Å². The van der Waals surface area contributed by atoms with Gasteiger partial charge in [-0.1, -0.05) is 23.7 Å². The third kappa shape index (κ3) is 4.61. The normalized spacial score (nSPS) is 14.1. The first-order chi connectivity index (χ1) is 13.5. The van der Waals surface area contributed by atoms with E-state index < -0.39 is 22.6 Å². The zero-order chi connectivity index (χ0) is 20.1. The second kappa shape index (κ2) is 9.03. The molecular weight excluding hydrogens is 392 g/mol.